The number of benzene rings is 2. The number of imide groups is 1. The number of thioether (sulfide) groups is 1. The first-order valence-corrected chi connectivity index (χ1v) is 11.1. The zero-order valence-electron chi connectivity index (χ0n) is 17.1. The maximum Gasteiger partial charge on any atom is 0.343 e. The van der Waals surface area contributed by atoms with Gasteiger partial charge in [0, 0.05) is 0 Å². The molecule has 2 aromatic rings. The highest BCUT2D eigenvalue weighted by molar-refractivity contribution is 14.1. The van der Waals surface area contributed by atoms with E-state index in [1.165, 1.54) is 19.1 Å². The lowest BCUT2D eigenvalue weighted by Gasteiger charge is -2.14. The van der Waals surface area contributed by atoms with Crippen LogP contribution in [-0.4, -0.2) is 42.8 Å². The van der Waals surface area contributed by atoms with Crippen molar-refractivity contribution >= 4 is 57.5 Å². The molecule has 1 saturated heterocycles. The summed E-state index contributed by atoms with van der Waals surface area (Å²) >= 11 is 2.96. The molecule has 1 aliphatic rings. The maximum absolute atomic E-state index is 12.9. The number of hydrogen-bond acceptors (Lipinski definition) is 7. The van der Waals surface area contributed by atoms with E-state index in [9.17, 15) is 14.4 Å². The first-order chi connectivity index (χ1) is 14.8. The topological polar surface area (TPSA) is 82.1 Å². The number of hydrogen-bond donors (Lipinski definition) is 0. The Morgan fingerprint density at radius 2 is 1.94 bits per heavy atom. The number of carbonyl (C=O) groups excluding carboxylic acids is 3. The fourth-order valence-corrected chi connectivity index (χ4v) is 4.52. The van der Waals surface area contributed by atoms with Crippen LogP contribution in [0.4, 0.5) is 4.79 Å². The third-order valence-corrected chi connectivity index (χ3v) is 6.28. The molecule has 2 amide bonds. The number of aryl methyl sites for hydroxylation is 1. The number of esters is 1. The number of nitrogens with zero attached hydrogens (tertiary/aromatic N) is 1. The Bertz CT molecular complexity index is 1070. The molecule has 0 radical (unpaired) electrons. The minimum absolute atomic E-state index is 0.232. The summed E-state index contributed by atoms with van der Waals surface area (Å²) in [7, 11) is 2.76. The number of halogens is 1. The predicted octanol–water partition coefficient (Wildman–Crippen LogP) is 4.40. The van der Waals surface area contributed by atoms with E-state index in [1.807, 2.05) is 31.2 Å². The molecule has 0 aromatic heterocycles. The highest BCUT2D eigenvalue weighted by Gasteiger charge is 2.35. The summed E-state index contributed by atoms with van der Waals surface area (Å²) in [4.78, 5) is 38.3. The molecule has 1 heterocycles. The van der Waals surface area contributed by atoms with Crippen molar-refractivity contribution in [2.45, 2.75) is 13.5 Å². The molecule has 7 nitrogen and oxygen atoms in total. The lowest BCUT2D eigenvalue weighted by atomic mass is 10.1. The van der Waals surface area contributed by atoms with Crippen molar-refractivity contribution < 1.29 is 28.6 Å². The summed E-state index contributed by atoms with van der Waals surface area (Å²) in [6, 6.07) is 11.1. The van der Waals surface area contributed by atoms with E-state index in [0.717, 1.165) is 22.9 Å². The van der Waals surface area contributed by atoms with Gasteiger partial charge in [-0.05, 0) is 76.2 Å². The molecular formula is C22H20INO6S. The van der Waals surface area contributed by atoms with Gasteiger partial charge >= 0.3 is 5.97 Å². The van der Waals surface area contributed by atoms with Gasteiger partial charge in [-0.1, -0.05) is 24.3 Å². The molecule has 162 valence electrons. The van der Waals surface area contributed by atoms with Gasteiger partial charge in [0.2, 0.25) is 0 Å². The molecular weight excluding hydrogens is 533 g/mol. The van der Waals surface area contributed by atoms with Gasteiger partial charge in [0.25, 0.3) is 11.1 Å². The Labute approximate surface area is 197 Å². The first kappa shape index (κ1) is 23.1. The SMILES string of the molecule is COC(=O)COc1c(I)cc(/C=C2\SC(=O)N(Cc3ccccc3C)C2=O)cc1OC. The summed E-state index contributed by atoms with van der Waals surface area (Å²) in [5.74, 6) is -0.0398. The van der Waals surface area contributed by atoms with Crippen LogP contribution in [0.3, 0.4) is 0 Å². The fraction of sp³-hybridized carbons (Fsp3) is 0.227. The molecule has 2 aromatic carbocycles. The zero-order chi connectivity index (χ0) is 22.5. The maximum atomic E-state index is 12.9. The van der Waals surface area contributed by atoms with Crippen LogP contribution in [0, 0.1) is 10.5 Å². The van der Waals surface area contributed by atoms with E-state index in [0.29, 0.717) is 25.5 Å². The minimum Gasteiger partial charge on any atom is -0.493 e. The second kappa shape index (κ2) is 10.2. The van der Waals surface area contributed by atoms with Gasteiger partial charge in [-0.2, -0.15) is 0 Å². The zero-order valence-corrected chi connectivity index (χ0v) is 20.1. The highest BCUT2D eigenvalue weighted by Crippen LogP contribution is 2.37. The first-order valence-electron chi connectivity index (χ1n) is 9.21. The Hall–Kier alpha value is -2.53. The van der Waals surface area contributed by atoms with Gasteiger partial charge in [-0.3, -0.25) is 14.5 Å². The predicted molar refractivity (Wildman–Crippen MR) is 126 cm³/mol. The van der Waals surface area contributed by atoms with Crippen molar-refractivity contribution in [1.29, 1.82) is 0 Å². The molecule has 9 heteroatoms. The van der Waals surface area contributed by atoms with Gasteiger partial charge < -0.3 is 14.2 Å². The van der Waals surface area contributed by atoms with Crippen molar-refractivity contribution in [3.63, 3.8) is 0 Å². The summed E-state index contributed by atoms with van der Waals surface area (Å²) < 4.78 is 16.2. The average molecular weight is 553 g/mol. The summed E-state index contributed by atoms with van der Waals surface area (Å²) in [5.41, 5.74) is 2.62. The van der Waals surface area contributed by atoms with Crippen molar-refractivity contribution in [2.75, 3.05) is 20.8 Å². The molecule has 0 unspecified atom stereocenters. The molecule has 1 aliphatic heterocycles. The fourth-order valence-electron chi connectivity index (χ4n) is 2.90. The lowest BCUT2D eigenvalue weighted by molar-refractivity contribution is -0.143. The van der Waals surface area contributed by atoms with Crippen molar-refractivity contribution in [3.8, 4) is 11.5 Å². The lowest BCUT2D eigenvalue weighted by Crippen LogP contribution is -2.27. The van der Waals surface area contributed by atoms with E-state index < -0.39 is 5.97 Å². The molecule has 0 bridgehead atoms. The van der Waals surface area contributed by atoms with Gasteiger partial charge in [-0.25, -0.2) is 4.79 Å². The van der Waals surface area contributed by atoms with Crippen LogP contribution in [-0.2, 0) is 20.9 Å². The molecule has 3 rings (SSSR count). The van der Waals surface area contributed by atoms with Gasteiger partial charge in [0.15, 0.2) is 18.1 Å². The largest absolute Gasteiger partial charge is 0.493 e. The smallest absolute Gasteiger partial charge is 0.343 e. The monoisotopic (exact) mass is 553 g/mol. The number of rotatable bonds is 7. The Morgan fingerprint density at radius 1 is 1.19 bits per heavy atom. The Morgan fingerprint density at radius 3 is 2.61 bits per heavy atom. The standard InChI is InChI=1S/C22H20INO6S/c1-13-6-4-5-7-15(13)11-24-21(26)18(31-22(24)27)10-14-8-16(23)20(17(9-14)28-2)30-12-19(25)29-3/h4-10H,11-12H2,1-3H3/b18-10-. The van der Waals surface area contributed by atoms with E-state index in [4.69, 9.17) is 9.47 Å². The van der Waals surface area contributed by atoms with E-state index in [1.54, 1.807) is 18.2 Å². The second-order valence-electron chi connectivity index (χ2n) is 6.59. The molecule has 0 atom stereocenters. The number of ether oxygens (including phenoxy) is 3. The van der Waals surface area contributed by atoms with Crippen LogP contribution in [0.2, 0.25) is 0 Å². The van der Waals surface area contributed by atoms with Crippen molar-refractivity contribution in [3.05, 3.63) is 61.6 Å². The molecule has 1 fully saturated rings. The van der Waals surface area contributed by atoms with E-state index >= 15 is 0 Å². The van der Waals surface area contributed by atoms with Crippen molar-refractivity contribution in [2.24, 2.45) is 0 Å². The third-order valence-electron chi connectivity index (χ3n) is 4.57. The quantitative estimate of drug-likeness (QED) is 0.286. The molecule has 0 aliphatic carbocycles. The van der Waals surface area contributed by atoms with Crippen LogP contribution in [0.25, 0.3) is 6.08 Å². The van der Waals surface area contributed by atoms with Gasteiger partial charge in [-0.15, -0.1) is 0 Å². The number of carbonyl (C=O) groups is 3. The van der Waals surface area contributed by atoms with Gasteiger partial charge in [0.1, 0.15) is 0 Å². The summed E-state index contributed by atoms with van der Waals surface area (Å²) in [6.07, 6.45) is 1.65. The van der Waals surface area contributed by atoms with Crippen LogP contribution in [0.15, 0.2) is 41.3 Å². The minimum atomic E-state index is -0.510. The Balaban J connectivity index is 1.83. The molecule has 0 N–H and O–H groups in total. The molecule has 0 spiro atoms. The van der Waals surface area contributed by atoms with Gasteiger partial charge in [0.05, 0.1) is 29.2 Å². The van der Waals surface area contributed by atoms with Crippen LogP contribution in [0.5, 0.6) is 11.5 Å². The second-order valence-corrected chi connectivity index (χ2v) is 8.75. The van der Waals surface area contributed by atoms with E-state index in [-0.39, 0.29) is 24.3 Å². The van der Waals surface area contributed by atoms with E-state index in [2.05, 4.69) is 27.3 Å². The third kappa shape index (κ3) is 5.40. The average Bonchev–Trinajstić information content (AvgIpc) is 3.01. The molecule has 0 saturated carbocycles. The Kier molecular flexibility index (Phi) is 7.60. The highest BCUT2D eigenvalue weighted by atomic mass is 127. The van der Waals surface area contributed by atoms with Crippen LogP contribution < -0.4 is 9.47 Å². The summed E-state index contributed by atoms with van der Waals surface area (Å²) in [6.45, 7) is 1.93. The van der Waals surface area contributed by atoms with Crippen LogP contribution in [0.1, 0.15) is 16.7 Å². The summed E-state index contributed by atoms with van der Waals surface area (Å²) in [5, 5.41) is -0.306. The normalized spacial score (nSPS) is 14.8. The number of amides is 2. The molecule has 31 heavy (non-hydrogen) atoms. The van der Waals surface area contributed by atoms with Crippen LogP contribution >= 0.6 is 34.4 Å². The number of methoxy groups -OCH3 is 2. The van der Waals surface area contributed by atoms with Crippen molar-refractivity contribution in [1.82, 2.24) is 4.90 Å².